The van der Waals surface area contributed by atoms with E-state index in [2.05, 4.69) is 16.7 Å². The molecule has 0 saturated carbocycles. The molecule has 3 amide bonds. The molecular formula is C23H31N3O4S. The Morgan fingerprint density at radius 3 is 2.68 bits per heavy atom. The molecule has 0 aromatic heterocycles. The van der Waals surface area contributed by atoms with Gasteiger partial charge in [-0.25, -0.2) is 0 Å². The summed E-state index contributed by atoms with van der Waals surface area (Å²) in [5, 5.41) is 5.86. The van der Waals surface area contributed by atoms with E-state index < -0.39 is 6.04 Å². The lowest BCUT2D eigenvalue weighted by atomic mass is 10.0. The van der Waals surface area contributed by atoms with E-state index in [1.165, 1.54) is 25.7 Å². The highest BCUT2D eigenvalue weighted by Crippen LogP contribution is 2.34. The normalized spacial score (nSPS) is 21.2. The van der Waals surface area contributed by atoms with E-state index in [1.54, 1.807) is 16.7 Å². The molecule has 1 unspecified atom stereocenters. The Hall–Kier alpha value is -1.90. The highest BCUT2D eigenvalue weighted by Gasteiger charge is 2.39. The van der Waals surface area contributed by atoms with Gasteiger partial charge in [0.15, 0.2) is 0 Å². The van der Waals surface area contributed by atoms with Gasteiger partial charge in [-0.2, -0.15) is 0 Å². The number of hydrogen-bond acceptors (Lipinski definition) is 6. The van der Waals surface area contributed by atoms with Crippen LogP contribution in [0, 0.1) is 0 Å². The monoisotopic (exact) mass is 445 g/mol. The number of rotatable bonds is 11. The summed E-state index contributed by atoms with van der Waals surface area (Å²) < 4.78 is 5.16. The second kappa shape index (κ2) is 10.6. The Morgan fingerprint density at radius 2 is 1.90 bits per heavy atom. The molecule has 0 bridgehead atoms. The van der Waals surface area contributed by atoms with Crippen molar-refractivity contribution >= 4 is 29.5 Å². The van der Waals surface area contributed by atoms with Gasteiger partial charge >= 0.3 is 0 Å². The molecule has 3 aliphatic heterocycles. The smallest absolute Gasteiger partial charge is 0.255 e. The Balaban J connectivity index is 1.19. The van der Waals surface area contributed by atoms with Crippen molar-refractivity contribution < 1.29 is 19.1 Å². The van der Waals surface area contributed by atoms with Crippen molar-refractivity contribution in [2.45, 2.75) is 68.5 Å². The van der Waals surface area contributed by atoms with Crippen molar-refractivity contribution in [1.82, 2.24) is 15.5 Å². The van der Waals surface area contributed by atoms with Crippen LogP contribution in [0.3, 0.4) is 0 Å². The molecule has 31 heavy (non-hydrogen) atoms. The number of ether oxygens (including phenoxy) is 1. The van der Waals surface area contributed by atoms with E-state index in [4.69, 9.17) is 4.74 Å². The highest BCUT2D eigenvalue weighted by molar-refractivity contribution is 7.99. The van der Waals surface area contributed by atoms with Crippen molar-refractivity contribution in [1.29, 1.82) is 0 Å². The Kier molecular flexibility index (Phi) is 7.63. The fourth-order valence-corrected chi connectivity index (χ4v) is 5.38. The largest absolute Gasteiger partial charge is 0.378 e. The molecule has 4 rings (SSSR count). The van der Waals surface area contributed by atoms with Crippen LogP contribution in [0.1, 0.15) is 60.9 Å². The SMILES string of the molecule is O=C1CCC(N2Cc3c(SCCCCCCCNC4COC4)cccc3C2=O)C(=O)N1. The van der Waals surface area contributed by atoms with Crippen molar-refractivity contribution in [2.75, 3.05) is 25.5 Å². The summed E-state index contributed by atoms with van der Waals surface area (Å²) in [6.45, 7) is 3.24. The first kappa shape index (κ1) is 22.3. The van der Waals surface area contributed by atoms with Crippen LogP contribution in [-0.4, -0.2) is 60.2 Å². The summed E-state index contributed by atoms with van der Waals surface area (Å²) in [6, 6.07) is 5.86. The third kappa shape index (κ3) is 5.48. The fraction of sp³-hybridized carbons (Fsp3) is 0.609. The zero-order chi connectivity index (χ0) is 21.6. The van der Waals surface area contributed by atoms with Crippen LogP contribution in [0.25, 0.3) is 0 Å². The summed E-state index contributed by atoms with van der Waals surface area (Å²) in [5.74, 6) is 0.309. The van der Waals surface area contributed by atoms with Crippen LogP contribution in [0.5, 0.6) is 0 Å². The summed E-state index contributed by atoms with van der Waals surface area (Å²) in [7, 11) is 0. The number of thioether (sulfide) groups is 1. The van der Waals surface area contributed by atoms with Gasteiger partial charge in [-0.15, -0.1) is 11.8 Å². The Morgan fingerprint density at radius 1 is 1.10 bits per heavy atom. The third-order valence-electron chi connectivity index (χ3n) is 6.19. The average Bonchev–Trinajstić information content (AvgIpc) is 3.05. The molecule has 1 atom stereocenters. The van der Waals surface area contributed by atoms with Gasteiger partial charge in [0.25, 0.3) is 5.91 Å². The van der Waals surface area contributed by atoms with Gasteiger partial charge < -0.3 is 15.0 Å². The number of carbonyl (C=O) groups excluding carboxylic acids is 3. The van der Waals surface area contributed by atoms with E-state index in [1.807, 2.05) is 12.1 Å². The van der Waals surface area contributed by atoms with Crippen LogP contribution in [0.15, 0.2) is 23.1 Å². The number of fused-ring (bicyclic) bond motifs is 1. The molecule has 7 nitrogen and oxygen atoms in total. The predicted molar refractivity (Wildman–Crippen MR) is 119 cm³/mol. The van der Waals surface area contributed by atoms with Gasteiger partial charge in [0.1, 0.15) is 6.04 Å². The maximum absolute atomic E-state index is 12.9. The highest BCUT2D eigenvalue weighted by atomic mass is 32.2. The Bertz CT molecular complexity index is 827. The molecule has 8 heteroatoms. The zero-order valence-electron chi connectivity index (χ0n) is 17.9. The first-order valence-corrected chi connectivity index (χ1v) is 12.3. The number of imide groups is 1. The number of carbonyl (C=O) groups is 3. The van der Waals surface area contributed by atoms with Gasteiger partial charge in [0, 0.05) is 23.4 Å². The molecule has 1 aromatic carbocycles. The first-order chi connectivity index (χ1) is 15.1. The number of benzene rings is 1. The number of amides is 3. The summed E-state index contributed by atoms with van der Waals surface area (Å²) in [5.41, 5.74) is 1.72. The number of piperidine rings is 1. The average molecular weight is 446 g/mol. The minimum Gasteiger partial charge on any atom is -0.378 e. The lowest BCUT2D eigenvalue weighted by molar-refractivity contribution is -0.136. The standard InChI is InChI=1S/C23H31N3O4S/c27-21-10-9-19(22(28)25-21)26-13-18-17(23(26)29)7-6-8-20(18)31-12-5-3-1-2-4-11-24-16-14-30-15-16/h6-8,16,19,24H,1-5,9-15H2,(H,25,27,28). The van der Waals surface area contributed by atoms with Gasteiger partial charge in [-0.05, 0) is 49.3 Å². The fourth-order valence-electron chi connectivity index (χ4n) is 4.29. The molecular weight excluding hydrogens is 414 g/mol. The summed E-state index contributed by atoms with van der Waals surface area (Å²) >= 11 is 1.80. The van der Waals surface area contributed by atoms with Gasteiger partial charge in [0.05, 0.1) is 19.3 Å². The van der Waals surface area contributed by atoms with E-state index in [0.717, 1.165) is 42.4 Å². The second-order valence-corrected chi connectivity index (χ2v) is 9.62. The molecule has 0 aliphatic carbocycles. The maximum atomic E-state index is 12.9. The quantitative estimate of drug-likeness (QED) is 0.309. The van der Waals surface area contributed by atoms with E-state index >= 15 is 0 Å². The van der Waals surface area contributed by atoms with Gasteiger partial charge in [0.2, 0.25) is 11.8 Å². The van der Waals surface area contributed by atoms with Crippen LogP contribution < -0.4 is 10.6 Å². The van der Waals surface area contributed by atoms with Crippen molar-refractivity contribution in [3.05, 3.63) is 29.3 Å². The number of nitrogens with one attached hydrogen (secondary N) is 2. The van der Waals surface area contributed by atoms with Crippen molar-refractivity contribution in [3.63, 3.8) is 0 Å². The molecule has 3 heterocycles. The maximum Gasteiger partial charge on any atom is 0.255 e. The predicted octanol–water partition coefficient (Wildman–Crippen LogP) is 2.48. The lowest BCUT2D eigenvalue weighted by Gasteiger charge is -2.29. The number of hydrogen-bond donors (Lipinski definition) is 2. The number of nitrogens with zero attached hydrogens (tertiary/aromatic N) is 1. The van der Waals surface area contributed by atoms with Crippen molar-refractivity contribution in [3.8, 4) is 0 Å². The first-order valence-electron chi connectivity index (χ1n) is 11.3. The second-order valence-electron chi connectivity index (χ2n) is 8.49. The number of unbranched alkanes of at least 4 members (excludes halogenated alkanes) is 4. The molecule has 2 saturated heterocycles. The topological polar surface area (TPSA) is 87.7 Å². The zero-order valence-corrected chi connectivity index (χ0v) is 18.7. The molecule has 2 fully saturated rings. The lowest BCUT2D eigenvalue weighted by Crippen LogP contribution is -2.52. The van der Waals surface area contributed by atoms with Gasteiger partial charge in [-0.1, -0.05) is 25.3 Å². The molecule has 0 radical (unpaired) electrons. The van der Waals surface area contributed by atoms with Crippen LogP contribution in [0.2, 0.25) is 0 Å². The third-order valence-corrected chi connectivity index (χ3v) is 7.38. The minimum atomic E-state index is -0.554. The molecule has 2 N–H and O–H groups in total. The molecule has 168 valence electrons. The molecule has 1 aromatic rings. The van der Waals surface area contributed by atoms with Crippen molar-refractivity contribution in [2.24, 2.45) is 0 Å². The van der Waals surface area contributed by atoms with E-state index in [0.29, 0.717) is 24.6 Å². The van der Waals surface area contributed by atoms with Crippen LogP contribution in [-0.2, 0) is 20.9 Å². The van der Waals surface area contributed by atoms with E-state index in [9.17, 15) is 14.4 Å². The van der Waals surface area contributed by atoms with Crippen LogP contribution >= 0.6 is 11.8 Å². The Labute approximate surface area is 187 Å². The summed E-state index contributed by atoms with van der Waals surface area (Å²) in [6.07, 6.45) is 6.77. The molecule has 3 aliphatic rings. The van der Waals surface area contributed by atoms with E-state index in [-0.39, 0.29) is 24.1 Å². The van der Waals surface area contributed by atoms with Gasteiger partial charge in [-0.3, -0.25) is 19.7 Å². The molecule has 0 spiro atoms. The summed E-state index contributed by atoms with van der Waals surface area (Å²) in [4.78, 5) is 39.3. The minimum absolute atomic E-state index is 0.103. The van der Waals surface area contributed by atoms with Crippen LogP contribution in [0.4, 0.5) is 0 Å².